The predicted octanol–water partition coefficient (Wildman–Crippen LogP) is 4.57. The van der Waals surface area contributed by atoms with E-state index in [1.54, 1.807) is 0 Å². The molecule has 0 fully saturated rings. The van der Waals surface area contributed by atoms with Crippen molar-refractivity contribution in [3.05, 3.63) is 64.5 Å². The number of rotatable bonds is 4. The maximum Gasteiger partial charge on any atom is 0.137 e. The molecule has 0 saturated heterocycles. The average Bonchev–Trinajstić information content (AvgIpc) is 2.89. The lowest BCUT2D eigenvalue weighted by Crippen LogP contribution is -1.96. The summed E-state index contributed by atoms with van der Waals surface area (Å²) in [6, 6.07) is 11.9. The summed E-state index contributed by atoms with van der Waals surface area (Å²) < 4.78 is 8.87. The van der Waals surface area contributed by atoms with Gasteiger partial charge >= 0.3 is 0 Å². The van der Waals surface area contributed by atoms with Gasteiger partial charge in [0.05, 0.1) is 5.69 Å². The van der Waals surface area contributed by atoms with Crippen molar-refractivity contribution in [3.63, 3.8) is 0 Å². The molecule has 0 bridgehead atoms. The third-order valence-electron chi connectivity index (χ3n) is 2.96. The van der Waals surface area contributed by atoms with Gasteiger partial charge in [-0.15, -0.1) is 0 Å². The van der Waals surface area contributed by atoms with Crippen molar-refractivity contribution in [2.75, 3.05) is 0 Å². The molecule has 0 atom stereocenters. The van der Waals surface area contributed by atoms with Crippen molar-refractivity contribution >= 4 is 37.5 Å². The van der Waals surface area contributed by atoms with Crippen LogP contribution in [0.2, 0.25) is 0 Å². The predicted molar refractivity (Wildman–Crippen MR) is 86.3 cm³/mol. The van der Waals surface area contributed by atoms with Crippen LogP contribution < -0.4 is 4.74 Å². The van der Waals surface area contributed by atoms with Crippen LogP contribution in [0.1, 0.15) is 11.3 Å². The van der Waals surface area contributed by atoms with Crippen molar-refractivity contribution in [1.82, 2.24) is 9.38 Å². The van der Waals surface area contributed by atoms with Crippen LogP contribution in [-0.2, 0) is 11.9 Å². The second-order valence-electron chi connectivity index (χ2n) is 4.37. The molecule has 2 aromatic heterocycles. The van der Waals surface area contributed by atoms with Crippen LogP contribution in [-0.4, -0.2) is 9.38 Å². The number of pyridine rings is 1. The van der Waals surface area contributed by atoms with E-state index in [0.29, 0.717) is 6.61 Å². The standard InChI is InChI=1S/C15H12Br2N2O/c16-8-11-7-13(4-5-14(11)17)20-10-12-9-19-6-2-1-3-15(19)18-12/h1-7,9H,8,10H2. The van der Waals surface area contributed by atoms with Crippen LogP contribution in [0.3, 0.4) is 0 Å². The largest absolute Gasteiger partial charge is 0.487 e. The van der Waals surface area contributed by atoms with Gasteiger partial charge in [-0.05, 0) is 35.9 Å². The van der Waals surface area contributed by atoms with Crippen molar-refractivity contribution < 1.29 is 4.74 Å². The molecule has 0 aliphatic heterocycles. The number of halogens is 2. The number of aromatic nitrogens is 2. The van der Waals surface area contributed by atoms with Gasteiger partial charge in [0.15, 0.2) is 0 Å². The Kier molecular flexibility index (Phi) is 4.08. The molecule has 3 nitrogen and oxygen atoms in total. The molecule has 0 N–H and O–H groups in total. The van der Waals surface area contributed by atoms with Crippen LogP contribution in [0.5, 0.6) is 5.75 Å². The van der Waals surface area contributed by atoms with Gasteiger partial charge in [-0.2, -0.15) is 0 Å². The summed E-state index contributed by atoms with van der Waals surface area (Å²) in [5.74, 6) is 0.847. The molecule has 1 aromatic carbocycles. The van der Waals surface area contributed by atoms with E-state index in [9.17, 15) is 0 Å². The van der Waals surface area contributed by atoms with Gasteiger partial charge in [-0.1, -0.05) is 37.9 Å². The Morgan fingerprint density at radius 2 is 2.10 bits per heavy atom. The van der Waals surface area contributed by atoms with E-state index in [0.717, 1.165) is 32.5 Å². The van der Waals surface area contributed by atoms with E-state index in [1.807, 2.05) is 53.2 Å². The fraction of sp³-hybridized carbons (Fsp3) is 0.133. The lowest BCUT2D eigenvalue weighted by Gasteiger charge is -2.07. The third kappa shape index (κ3) is 2.88. The van der Waals surface area contributed by atoms with Gasteiger partial charge in [0.1, 0.15) is 18.0 Å². The first-order valence-corrected chi connectivity index (χ1v) is 8.07. The fourth-order valence-electron chi connectivity index (χ4n) is 1.96. The highest BCUT2D eigenvalue weighted by Crippen LogP contribution is 2.25. The molecule has 102 valence electrons. The van der Waals surface area contributed by atoms with Crippen LogP contribution in [0.4, 0.5) is 0 Å². The Labute approximate surface area is 133 Å². The van der Waals surface area contributed by atoms with Gasteiger partial charge in [0.2, 0.25) is 0 Å². The molecular formula is C15H12Br2N2O. The topological polar surface area (TPSA) is 26.5 Å². The molecule has 0 amide bonds. The van der Waals surface area contributed by atoms with Crippen molar-refractivity contribution in [3.8, 4) is 5.75 Å². The van der Waals surface area contributed by atoms with E-state index >= 15 is 0 Å². The lowest BCUT2D eigenvalue weighted by atomic mass is 10.2. The van der Waals surface area contributed by atoms with Crippen molar-refractivity contribution in [1.29, 1.82) is 0 Å². The first-order chi connectivity index (χ1) is 9.76. The van der Waals surface area contributed by atoms with Gasteiger partial charge in [0.25, 0.3) is 0 Å². The van der Waals surface area contributed by atoms with Gasteiger partial charge in [0, 0.05) is 22.2 Å². The molecule has 0 aliphatic rings. The third-order valence-corrected chi connectivity index (χ3v) is 4.34. The number of imidazole rings is 1. The smallest absolute Gasteiger partial charge is 0.137 e. The Morgan fingerprint density at radius 1 is 1.20 bits per heavy atom. The number of hydrogen-bond donors (Lipinski definition) is 0. The molecule has 20 heavy (non-hydrogen) atoms. The van der Waals surface area contributed by atoms with E-state index in [2.05, 4.69) is 36.8 Å². The zero-order valence-electron chi connectivity index (χ0n) is 10.6. The number of benzene rings is 1. The normalized spacial score (nSPS) is 10.9. The summed E-state index contributed by atoms with van der Waals surface area (Å²) in [7, 11) is 0. The van der Waals surface area contributed by atoms with Crippen molar-refractivity contribution in [2.45, 2.75) is 11.9 Å². The summed E-state index contributed by atoms with van der Waals surface area (Å²) >= 11 is 6.97. The Balaban J connectivity index is 1.75. The molecule has 3 aromatic rings. The van der Waals surface area contributed by atoms with Gasteiger partial charge < -0.3 is 9.14 Å². The minimum absolute atomic E-state index is 0.463. The maximum atomic E-state index is 5.80. The summed E-state index contributed by atoms with van der Waals surface area (Å²) in [6.45, 7) is 0.463. The van der Waals surface area contributed by atoms with Gasteiger partial charge in [-0.25, -0.2) is 4.98 Å². The molecule has 0 spiro atoms. The summed E-state index contributed by atoms with van der Waals surface area (Å²) in [4.78, 5) is 4.51. The van der Waals surface area contributed by atoms with Crippen LogP contribution in [0.15, 0.2) is 53.3 Å². The number of fused-ring (bicyclic) bond motifs is 1. The number of alkyl halides is 1. The fourth-order valence-corrected chi connectivity index (χ4v) is 3.18. The van der Waals surface area contributed by atoms with E-state index in [4.69, 9.17) is 4.74 Å². The quantitative estimate of drug-likeness (QED) is 0.605. The Bertz CT molecular complexity index is 707. The summed E-state index contributed by atoms with van der Waals surface area (Å²) in [5.41, 5.74) is 3.01. The van der Waals surface area contributed by atoms with E-state index in [-0.39, 0.29) is 0 Å². The summed E-state index contributed by atoms with van der Waals surface area (Å²) in [6.07, 6.45) is 3.97. The van der Waals surface area contributed by atoms with Crippen molar-refractivity contribution in [2.24, 2.45) is 0 Å². The molecule has 0 aliphatic carbocycles. The molecule has 0 unspecified atom stereocenters. The lowest BCUT2D eigenvalue weighted by molar-refractivity contribution is 0.302. The maximum absolute atomic E-state index is 5.80. The van der Waals surface area contributed by atoms with Crippen LogP contribution in [0.25, 0.3) is 5.65 Å². The molecule has 3 rings (SSSR count). The first kappa shape index (κ1) is 13.6. The molecule has 0 radical (unpaired) electrons. The molecular weight excluding hydrogens is 384 g/mol. The second kappa shape index (κ2) is 5.97. The highest BCUT2D eigenvalue weighted by molar-refractivity contribution is 9.10. The van der Waals surface area contributed by atoms with Gasteiger partial charge in [-0.3, -0.25) is 0 Å². The zero-order valence-corrected chi connectivity index (χ0v) is 13.8. The minimum Gasteiger partial charge on any atom is -0.487 e. The minimum atomic E-state index is 0.463. The zero-order chi connectivity index (χ0) is 13.9. The second-order valence-corrected chi connectivity index (χ2v) is 5.79. The SMILES string of the molecule is BrCc1cc(OCc2cn3ccccc3n2)ccc1Br. The highest BCUT2D eigenvalue weighted by Gasteiger charge is 2.04. The Morgan fingerprint density at radius 3 is 2.90 bits per heavy atom. The Hall–Kier alpha value is -1.33. The van der Waals surface area contributed by atoms with E-state index < -0.39 is 0 Å². The highest BCUT2D eigenvalue weighted by atomic mass is 79.9. The number of hydrogen-bond acceptors (Lipinski definition) is 2. The van der Waals surface area contributed by atoms with E-state index in [1.165, 1.54) is 0 Å². The van der Waals surface area contributed by atoms with Crippen LogP contribution >= 0.6 is 31.9 Å². The molecule has 0 saturated carbocycles. The molecule has 5 heteroatoms. The summed E-state index contributed by atoms with van der Waals surface area (Å²) in [5, 5.41) is 0.791. The van der Waals surface area contributed by atoms with Crippen LogP contribution in [0, 0.1) is 0 Å². The average molecular weight is 396 g/mol. The monoisotopic (exact) mass is 394 g/mol. The first-order valence-electron chi connectivity index (χ1n) is 6.16. The molecule has 2 heterocycles. The number of ether oxygens (including phenoxy) is 1. The number of nitrogens with zero attached hydrogens (tertiary/aromatic N) is 2.